The summed E-state index contributed by atoms with van der Waals surface area (Å²) in [5, 5.41) is 3.52. The van der Waals surface area contributed by atoms with Gasteiger partial charge in [0, 0.05) is 17.4 Å². The molecular formula is C15H24N2. The van der Waals surface area contributed by atoms with Crippen LogP contribution < -0.4 is 11.1 Å². The molecule has 0 fully saturated rings. The van der Waals surface area contributed by atoms with Gasteiger partial charge in [-0.2, -0.15) is 0 Å². The first-order valence-corrected chi connectivity index (χ1v) is 6.23. The molecule has 0 heterocycles. The van der Waals surface area contributed by atoms with Gasteiger partial charge in [-0.1, -0.05) is 32.6 Å². The standard InChI is InChI=1S/C15H24N2/c1-6-13-7-8-14(12(5)15(13)16)17-11(4)9-10(2)3/h6-8,10-11,17H,1,9,16H2,2-5H3. The molecule has 0 aliphatic carbocycles. The van der Waals surface area contributed by atoms with Gasteiger partial charge in [0.2, 0.25) is 0 Å². The number of hydrogen-bond donors (Lipinski definition) is 2. The Balaban J connectivity index is 2.85. The number of anilines is 2. The smallest absolute Gasteiger partial charge is 0.0437 e. The lowest BCUT2D eigenvalue weighted by Gasteiger charge is -2.20. The fourth-order valence-corrected chi connectivity index (χ4v) is 2.12. The van der Waals surface area contributed by atoms with Crippen LogP contribution in [0.3, 0.4) is 0 Å². The van der Waals surface area contributed by atoms with E-state index in [1.54, 1.807) is 6.08 Å². The molecule has 3 N–H and O–H groups in total. The third kappa shape index (κ3) is 3.52. The predicted molar refractivity (Wildman–Crippen MR) is 78.2 cm³/mol. The van der Waals surface area contributed by atoms with Crippen LogP contribution in [-0.4, -0.2) is 6.04 Å². The first-order chi connectivity index (χ1) is 7.95. The summed E-state index contributed by atoms with van der Waals surface area (Å²) in [7, 11) is 0. The molecule has 0 bridgehead atoms. The molecule has 17 heavy (non-hydrogen) atoms. The van der Waals surface area contributed by atoms with E-state index in [-0.39, 0.29) is 0 Å². The molecular weight excluding hydrogens is 208 g/mol. The highest BCUT2D eigenvalue weighted by Crippen LogP contribution is 2.26. The molecule has 2 nitrogen and oxygen atoms in total. The van der Waals surface area contributed by atoms with Gasteiger partial charge in [0.15, 0.2) is 0 Å². The number of nitrogens with one attached hydrogen (secondary N) is 1. The van der Waals surface area contributed by atoms with E-state index < -0.39 is 0 Å². The summed E-state index contributed by atoms with van der Waals surface area (Å²) in [4.78, 5) is 0. The molecule has 1 unspecified atom stereocenters. The van der Waals surface area contributed by atoms with E-state index in [9.17, 15) is 0 Å². The van der Waals surface area contributed by atoms with Crippen molar-refractivity contribution in [2.24, 2.45) is 5.92 Å². The normalized spacial score (nSPS) is 12.5. The maximum absolute atomic E-state index is 6.06. The van der Waals surface area contributed by atoms with Crippen LogP contribution >= 0.6 is 0 Å². The van der Waals surface area contributed by atoms with Gasteiger partial charge in [-0.15, -0.1) is 0 Å². The van der Waals surface area contributed by atoms with Gasteiger partial charge in [-0.05, 0) is 43.4 Å². The summed E-state index contributed by atoms with van der Waals surface area (Å²) in [6, 6.07) is 4.56. The van der Waals surface area contributed by atoms with E-state index >= 15 is 0 Å². The number of nitrogen functional groups attached to an aromatic ring is 1. The second kappa shape index (κ2) is 5.76. The minimum absolute atomic E-state index is 0.461. The van der Waals surface area contributed by atoms with Gasteiger partial charge in [0.25, 0.3) is 0 Å². The second-order valence-electron chi connectivity index (χ2n) is 5.12. The Morgan fingerprint density at radius 3 is 2.53 bits per heavy atom. The lowest BCUT2D eigenvalue weighted by molar-refractivity contribution is 0.539. The average molecular weight is 232 g/mol. The van der Waals surface area contributed by atoms with Crippen LogP contribution in [0.1, 0.15) is 38.3 Å². The molecule has 0 amide bonds. The molecule has 0 radical (unpaired) electrons. The largest absolute Gasteiger partial charge is 0.398 e. The summed E-state index contributed by atoms with van der Waals surface area (Å²) < 4.78 is 0. The zero-order chi connectivity index (χ0) is 13.0. The van der Waals surface area contributed by atoms with Crippen LogP contribution in [0.2, 0.25) is 0 Å². The monoisotopic (exact) mass is 232 g/mol. The SMILES string of the molecule is C=Cc1ccc(NC(C)CC(C)C)c(C)c1N. The van der Waals surface area contributed by atoms with Gasteiger partial charge < -0.3 is 11.1 Å². The van der Waals surface area contributed by atoms with Crippen LogP contribution in [0.15, 0.2) is 18.7 Å². The number of nitrogens with two attached hydrogens (primary N) is 1. The predicted octanol–water partition coefficient (Wildman–Crippen LogP) is 4.07. The summed E-state index contributed by atoms with van der Waals surface area (Å²) >= 11 is 0. The second-order valence-corrected chi connectivity index (χ2v) is 5.12. The zero-order valence-corrected chi connectivity index (χ0v) is 11.4. The highest BCUT2D eigenvalue weighted by Gasteiger charge is 2.09. The molecule has 0 aliphatic heterocycles. The van der Waals surface area contributed by atoms with Crippen molar-refractivity contribution < 1.29 is 0 Å². The Bertz CT molecular complexity index is 394. The molecule has 1 aromatic carbocycles. The highest BCUT2D eigenvalue weighted by atomic mass is 14.9. The Labute approximate surface area is 105 Å². The minimum atomic E-state index is 0.461. The summed E-state index contributed by atoms with van der Waals surface area (Å²) in [6.45, 7) is 12.5. The molecule has 0 spiro atoms. The third-order valence-corrected chi connectivity index (χ3v) is 3.00. The van der Waals surface area contributed by atoms with Gasteiger partial charge in [-0.25, -0.2) is 0 Å². The Hall–Kier alpha value is -1.44. The number of benzene rings is 1. The molecule has 94 valence electrons. The van der Waals surface area contributed by atoms with Gasteiger partial charge in [0.05, 0.1) is 0 Å². The molecule has 1 atom stereocenters. The van der Waals surface area contributed by atoms with Crippen molar-refractivity contribution in [1.82, 2.24) is 0 Å². The van der Waals surface area contributed by atoms with E-state index in [1.165, 1.54) is 0 Å². The van der Waals surface area contributed by atoms with Gasteiger partial charge >= 0.3 is 0 Å². The topological polar surface area (TPSA) is 38.0 Å². The molecule has 0 saturated carbocycles. The summed E-state index contributed by atoms with van der Waals surface area (Å²) in [5.41, 5.74) is 10.1. The summed E-state index contributed by atoms with van der Waals surface area (Å²) in [5.74, 6) is 0.697. The minimum Gasteiger partial charge on any atom is -0.398 e. The number of hydrogen-bond acceptors (Lipinski definition) is 2. The van der Waals surface area contributed by atoms with Crippen LogP contribution in [-0.2, 0) is 0 Å². The molecule has 0 aliphatic rings. The quantitative estimate of drug-likeness (QED) is 0.751. The van der Waals surface area contributed by atoms with Crippen molar-refractivity contribution in [2.45, 2.75) is 40.2 Å². The van der Waals surface area contributed by atoms with E-state index in [1.807, 2.05) is 13.0 Å². The Morgan fingerprint density at radius 2 is 2.00 bits per heavy atom. The summed E-state index contributed by atoms with van der Waals surface area (Å²) in [6.07, 6.45) is 2.95. The lowest BCUT2D eigenvalue weighted by atomic mass is 10.0. The maximum Gasteiger partial charge on any atom is 0.0437 e. The van der Waals surface area contributed by atoms with Crippen molar-refractivity contribution in [3.63, 3.8) is 0 Å². The van der Waals surface area contributed by atoms with Crippen LogP contribution in [0.25, 0.3) is 6.08 Å². The van der Waals surface area contributed by atoms with E-state index in [2.05, 4.69) is 38.7 Å². The average Bonchev–Trinajstić information content (AvgIpc) is 2.24. The molecule has 0 aromatic heterocycles. The maximum atomic E-state index is 6.06. The van der Waals surface area contributed by atoms with Crippen molar-refractivity contribution in [2.75, 3.05) is 11.1 Å². The van der Waals surface area contributed by atoms with E-state index in [0.717, 1.165) is 28.9 Å². The molecule has 0 saturated heterocycles. The van der Waals surface area contributed by atoms with E-state index in [4.69, 9.17) is 5.73 Å². The van der Waals surface area contributed by atoms with Crippen molar-refractivity contribution in [3.8, 4) is 0 Å². The first-order valence-electron chi connectivity index (χ1n) is 6.23. The Morgan fingerprint density at radius 1 is 1.35 bits per heavy atom. The fraction of sp³-hybridized carbons (Fsp3) is 0.467. The fourth-order valence-electron chi connectivity index (χ4n) is 2.12. The zero-order valence-electron chi connectivity index (χ0n) is 11.4. The van der Waals surface area contributed by atoms with Crippen LogP contribution in [0.4, 0.5) is 11.4 Å². The van der Waals surface area contributed by atoms with E-state index in [0.29, 0.717) is 12.0 Å². The van der Waals surface area contributed by atoms with Crippen molar-refractivity contribution >= 4 is 17.5 Å². The van der Waals surface area contributed by atoms with Crippen LogP contribution in [0, 0.1) is 12.8 Å². The van der Waals surface area contributed by atoms with Crippen LogP contribution in [0.5, 0.6) is 0 Å². The third-order valence-electron chi connectivity index (χ3n) is 3.00. The van der Waals surface area contributed by atoms with Gasteiger partial charge in [0.1, 0.15) is 0 Å². The lowest BCUT2D eigenvalue weighted by Crippen LogP contribution is -2.18. The molecule has 2 heteroatoms. The molecule has 1 rings (SSSR count). The molecule has 1 aromatic rings. The number of rotatable bonds is 5. The Kier molecular flexibility index (Phi) is 4.62. The first kappa shape index (κ1) is 13.6. The highest BCUT2D eigenvalue weighted by molar-refractivity contribution is 5.73. The van der Waals surface area contributed by atoms with Crippen molar-refractivity contribution in [1.29, 1.82) is 0 Å². The van der Waals surface area contributed by atoms with Crippen molar-refractivity contribution in [3.05, 3.63) is 29.8 Å². The van der Waals surface area contributed by atoms with Gasteiger partial charge in [-0.3, -0.25) is 0 Å².